The topological polar surface area (TPSA) is 30.2 Å². The van der Waals surface area contributed by atoms with Crippen LogP contribution >= 0.6 is 0 Å². The predicted octanol–water partition coefficient (Wildman–Crippen LogP) is -0.118. The maximum Gasteiger partial charge on any atom is 0.306 e. The van der Waals surface area contributed by atoms with Crippen molar-refractivity contribution in [1.29, 1.82) is 0 Å². The van der Waals surface area contributed by atoms with Gasteiger partial charge in [0, 0.05) is 18.6 Å². The van der Waals surface area contributed by atoms with Crippen LogP contribution in [0.3, 0.4) is 0 Å². The lowest BCUT2D eigenvalue weighted by Gasteiger charge is -2.02. The normalized spacial score (nSPS) is 9.74. The molecule has 0 atom stereocenters. The van der Waals surface area contributed by atoms with E-state index in [-0.39, 0.29) is 23.0 Å². The first kappa shape index (κ1) is 18.1. The fourth-order valence-corrected chi connectivity index (χ4v) is 1.79. The molecule has 1 rings (SSSR count). The standard InChI is InChI=1S/C15H24NO2.BrH/c1-2-3-4-5-7-10-15(17)18-14-13-16-11-8-6-9-12-16;/h6,8-9,11-12H,2-5,7,10,13-14H2,1H3;1H/q+1;/p-1. The van der Waals surface area contributed by atoms with Gasteiger partial charge in [-0.2, -0.15) is 0 Å². The maximum atomic E-state index is 11.4. The minimum absolute atomic E-state index is 0. The Hall–Kier alpha value is -0.900. The van der Waals surface area contributed by atoms with Crippen LogP contribution in [0, 0.1) is 0 Å². The van der Waals surface area contributed by atoms with Crippen molar-refractivity contribution in [3.05, 3.63) is 30.6 Å². The van der Waals surface area contributed by atoms with Crippen molar-refractivity contribution in [3.63, 3.8) is 0 Å². The smallest absolute Gasteiger partial charge is 0.306 e. The summed E-state index contributed by atoms with van der Waals surface area (Å²) < 4.78 is 7.20. The first-order valence-electron chi connectivity index (χ1n) is 6.92. The summed E-state index contributed by atoms with van der Waals surface area (Å²) in [5, 5.41) is 0. The molecule has 1 heterocycles. The Balaban J connectivity index is 0.00000324. The molecule has 1 aromatic heterocycles. The van der Waals surface area contributed by atoms with Gasteiger partial charge in [0.05, 0.1) is 0 Å². The Kier molecular flexibility index (Phi) is 11.6. The molecule has 0 aromatic carbocycles. The van der Waals surface area contributed by atoms with E-state index >= 15 is 0 Å². The maximum absolute atomic E-state index is 11.4. The molecule has 0 N–H and O–H groups in total. The SMILES string of the molecule is CCCCCCCC(=O)OCC[n+]1ccccc1.[Br-]. The number of unbranched alkanes of at least 4 members (excludes halogenated alkanes) is 4. The summed E-state index contributed by atoms with van der Waals surface area (Å²) in [7, 11) is 0. The van der Waals surface area contributed by atoms with Crippen LogP contribution in [0.4, 0.5) is 0 Å². The molecule has 108 valence electrons. The lowest BCUT2D eigenvalue weighted by atomic mass is 10.1. The molecule has 0 aliphatic heterocycles. The number of rotatable bonds is 9. The van der Waals surface area contributed by atoms with Crippen LogP contribution in [-0.2, 0) is 16.1 Å². The van der Waals surface area contributed by atoms with E-state index in [9.17, 15) is 4.79 Å². The number of hydrogen-bond acceptors (Lipinski definition) is 2. The van der Waals surface area contributed by atoms with E-state index in [4.69, 9.17) is 4.74 Å². The van der Waals surface area contributed by atoms with Crippen LogP contribution in [0.25, 0.3) is 0 Å². The lowest BCUT2D eigenvalue weighted by Crippen LogP contribution is -3.00. The number of nitrogens with zero attached hydrogens (tertiary/aromatic N) is 1. The number of halogens is 1. The first-order chi connectivity index (χ1) is 8.83. The Morgan fingerprint density at radius 3 is 2.42 bits per heavy atom. The third-order valence-electron chi connectivity index (χ3n) is 2.87. The minimum Gasteiger partial charge on any atom is -1.00 e. The Bertz CT molecular complexity index is 330. The zero-order valence-electron chi connectivity index (χ0n) is 11.7. The van der Waals surface area contributed by atoms with Gasteiger partial charge in [0.2, 0.25) is 0 Å². The molecule has 0 radical (unpaired) electrons. The van der Waals surface area contributed by atoms with Crippen LogP contribution < -0.4 is 21.5 Å². The third kappa shape index (κ3) is 9.65. The molecular formula is C15H24BrNO2. The summed E-state index contributed by atoms with van der Waals surface area (Å²) in [6.07, 6.45) is 10.3. The summed E-state index contributed by atoms with van der Waals surface area (Å²) in [5.74, 6) is -0.0666. The number of pyridine rings is 1. The van der Waals surface area contributed by atoms with Crippen LogP contribution in [-0.4, -0.2) is 12.6 Å². The van der Waals surface area contributed by atoms with Crippen molar-refractivity contribution < 1.29 is 31.1 Å². The third-order valence-corrected chi connectivity index (χ3v) is 2.87. The highest BCUT2D eigenvalue weighted by molar-refractivity contribution is 5.69. The van der Waals surface area contributed by atoms with E-state index in [1.54, 1.807) is 0 Å². The highest BCUT2D eigenvalue weighted by atomic mass is 79.9. The second-order valence-electron chi connectivity index (χ2n) is 4.50. The van der Waals surface area contributed by atoms with Crippen LogP contribution in [0.2, 0.25) is 0 Å². The fraction of sp³-hybridized carbons (Fsp3) is 0.600. The van der Waals surface area contributed by atoms with E-state index < -0.39 is 0 Å². The molecule has 0 aliphatic rings. The Morgan fingerprint density at radius 2 is 1.74 bits per heavy atom. The number of carbonyl (C=O) groups is 1. The van der Waals surface area contributed by atoms with Gasteiger partial charge in [-0.3, -0.25) is 4.79 Å². The molecular weight excluding hydrogens is 306 g/mol. The van der Waals surface area contributed by atoms with Gasteiger partial charge in [0.25, 0.3) is 0 Å². The summed E-state index contributed by atoms with van der Waals surface area (Å²) in [6.45, 7) is 3.38. The number of esters is 1. The Labute approximate surface area is 126 Å². The zero-order chi connectivity index (χ0) is 13.1. The second-order valence-corrected chi connectivity index (χ2v) is 4.50. The lowest BCUT2D eigenvalue weighted by molar-refractivity contribution is -0.697. The molecule has 4 heteroatoms. The van der Waals surface area contributed by atoms with Gasteiger partial charge in [0.1, 0.15) is 0 Å². The highest BCUT2D eigenvalue weighted by Crippen LogP contribution is 2.05. The Morgan fingerprint density at radius 1 is 1.05 bits per heavy atom. The molecule has 0 saturated heterocycles. The van der Waals surface area contributed by atoms with Crippen molar-refractivity contribution in [3.8, 4) is 0 Å². The quantitative estimate of drug-likeness (QED) is 0.359. The van der Waals surface area contributed by atoms with E-state index in [1.807, 2.05) is 35.2 Å². The van der Waals surface area contributed by atoms with Crippen molar-refractivity contribution in [2.75, 3.05) is 6.61 Å². The van der Waals surface area contributed by atoms with E-state index in [1.165, 1.54) is 19.3 Å². The van der Waals surface area contributed by atoms with Gasteiger partial charge < -0.3 is 21.7 Å². The molecule has 0 saturated carbocycles. The van der Waals surface area contributed by atoms with Gasteiger partial charge in [-0.25, -0.2) is 4.57 Å². The van der Waals surface area contributed by atoms with Gasteiger partial charge in [-0.1, -0.05) is 38.7 Å². The summed E-state index contributed by atoms with van der Waals surface area (Å²) in [6, 6.07) is 5.91. The predicted molar refractivity (Wildman–Crippen MR) is 71.0 cm³/mol. The van der Waals surface area contributed by atoms with E-state index in [0.29, 0.717) is 13.0 Å². The molecule has 1 aromatic rings. The monoisotopic (exact) mass is 329 g/mol. The van der Waals surface area contributed by atoms with Crippen molar-refractivity contribution in [2.45, 2.75) is 52.0 Å². The summed E-state index contributed by atoms with van der Waals surface area (Å²) in [4.78, 5) is 11.4. The largest absolute Gasteiger partial charge is 1.00 e. The molecule has 0 spiro atoms. The van der Waals surface area contributed by atoms with Crippen molar-refractivity contribution >= 4 is 5.97 Å². The first-order valence-corrected chi connectivity index (χ1v) is 6.92. The summed E-state index contributed by atoms with van der Waals surface area (Å²) in [5.41, 5.74) is 0. The number of aromatic nitrogens is 1. The van der Waals surface area contributed by atoms with Crippen LogP contribution in [0.1, 0.15) is 45.4 Å². The molecule has 0 aliphatic carbocycles. The minimum atomic E-state index is -0.0666. The van der Waals surface area contributed by atoms with Crippen LogP contribution in [0.5, 0.6) is 0 Å². The van der Waals surface area contributed by atoms with Crippen LogP contribution in [0.15, 0.2) is 30.6 Å². The van der Waals surface area contributed by atoms with Gasteiger partial charge in [-0.05, 0) is 6.42 Å². The number of carbonyl (C=O) groups excluding carboxylic acids is 1. The summed E-state index contributed by atoms with van der Waals surface area (Å²) >= 11 is 0. The molecule has 0 bridgehead atoms. The van der Waals surface area contributed by atoms with Gasteiger partial charge in [0.15, 0.2) is 25.5 Å². The zero-order valence-corrected chi connectivity index (χ0v) is 13.3. The van der Waals surface area contributed by atoms with Gasteiger partial charge in [-0.15, -0.1) is 0 Å². The molecule has 0 fully saturated rings. The molecule has 0 unspecified atom stereocenters. The molecule has 3 nitrogen and oxygen atoms in total. The van der Waals surface area contributed by atoms with Gasteiger partial charge >= 0.3 is 5.97 Å². The average Bonchev–Trinajstić information content (AvgIpc) is 2.40. The van der Waals surface area contributed by atoms with E-state index in [2.05, 4.69) is 6.92 Å². The molecule has 0 amide bonds. The number of ether oxygens (including phenoxy) is 1. The molecule has 19 heavy (non-hydrogen) atoms. The van der Waals surface area contributed by atoms with Crippen molar-refractivity contribution in [1.82, 2.24) is 0 Å². The van der Waals surface area contributed by atoms with E-state index in [0.717, 1.165) is 19.4 Å². The number of hydrogen-bond donors (Lipinski definition) is 0. The fourth-order valence-electron chi connectivity index (χ4n) is 1.79. The highest BCUT2D eigenvalue weighted by Gasteiger charge is 2.04. The van der Waals surface area contributed by atoms with Crippen molar-refractivity contribution in [2.24, 2.45) is 0 Å². The average molecular weight is 330 g/mol. The second kappa shape index (κ2) is 12.2.